The van der Waals surface area contributed by atoms with E-state index >= 15 is 0 Å². The van der Waals surface area contributed by atoms with Crippen LogP contribution in [0.15, 0.2) is 0 Å². The second-order valence-electron chi connectivity index (χ2n) is 5.93. The van der Waals surface area contributed by atoms with Crippen LogP contribution in [-0.2, 0) is 0 Å². The van der Waals surface area contributed by atoms with E-state index in [2.05, 4.69) is 24.2 Å². The molecule has 1 atom stereocenters. The van der Waals surface area contributed by atoms with Gasteiger partial charge in [-0.05, 0) is 58.7 Å². The molecule has 0 radical (unpaired) electrons. The lowest BCUT2D eigenvalue weighted by Gasteiger charge is -2.35. The zero-order valence-corrected chi connectivity index (χ0v) is 11.0. The van der Waals surface area contributed by atoms with E-state index in [4.69, 9.17) is 0 Å². The van der Waals surface area contributed by atoms with Gasteiger partial charge in [0, 0.05) is 12.1 Å². The van der Waals surface area contributed by atoms with E-state index in [1.54, 1.807) is 0 Å². The third kappa shape index (κ3) is 3.46. The smallest absolute Gasteiger partial charge is 0.00939 e. The Balaban J connectivity index is 1.71. The molecule has 0 spiro atoms. The molecule has 0 aromatic rings. The molecular formula is C14H28N2. The average Bonchev–Trinajstić information content (AvgIpc) is 2.33. The zero-order valence-electron chi connectivity index (χ0n) is 11.0. The van der Waals surface area contributed by atoms with Crippen LogP contribution in [0.2, 0.25) is 0 Å². The van der Waals surface area contributed by atoms with Crippen molar-refractivity contribution in [3.8, 4) is 0 Å². The molecule has 2 fully saturated rings. The molecule has 2 heteroatoms. The highest BCUT2D eigenvalue weighted by molar-refractivity contribution is 4.82. The fourth-order valence-electron chi connectivity index (χ4n) is 3.32. The number of piperidine rings is 1. The normalized spacial score (nSPS) is 28.1. The minimum absolute atomic E-state index is 0.744. The van der Waals surface area contributed by atoms with Gasteiger partial charge in [-0.15, -0.1) is 0 Å². The van der Waals surface area contributed by atoms with Gasteiger partial charge in [-0.2, -0.15) is 0 Å². The Bertz CT molecular complexity index is 191. The summed E-state index contributed by atoms with van der Waals surface area (Å²) in [5.41, 5.74) is 0. The Kier molecular flexibility index (Phi) is 4.66. The van der Waals surface area contributed by atoms with E-state index in [0.717, 1.165) is 18.0 Å². The van der Waals surface area contributed by atoms with Crippen molar-refractivity contribution >= 4 is 0 Å². The van der Waals surface area contributed by atoms with Gasteiger partial charge >= 0.3 is 0 Å². The second-order valence-corrected chi connectivity index (χ2v) is 5.93. The molecule has 2 nitrogen and oxygen atoms in total. The number of nitrogens with zero attached hydrogens (tertiary/aromatic N) is 1. The number of nitrogens with one attached hydrogen (secondary N) is 1. The van der Waals surface area contributed by atoms with Gasteiger partial charge in [-0.25, -0.2) is 0 Å². The summed E-state index contributed by atoms with van der Waals surface area (Å²) in [4.78, 5) is 2.45. The highest BCUT2D eigenvalue weighted by Gasteiger charge is 2.23. The molecule has 2 rings (SSSR count). The Labute approximate surface area is 101 Å². The van der Waals surface area contributed by atoms with Crippen molar-refractivity contribution in [1.29, 1.82) is 0 Å². The summed E-state index contributed by atoms with van der Waals surface area (Å²) in [5, 5.41) is 3.88. The average molecular weight is 224 g/mol. The maximum absolute atomic E-state index is 3.88. The van der Waals surface area contributed by atoms with E-state index in [0.29, 0.717) is 0 Å². The van der Waals surface area contributed by atoms with Crippen LogP contribution >= 0.6 is 0 Å². The molecule has 1 aliphatic carbocycles. The third-order valence-corrected chi connectivity index (χ3v) is 4.57. The van der Waals surface area contributed by atoms with E-state index < -0.39 is 0 Å². The molecule has 94 valence electrons. The maximum Gasteiger partial charge on any atom is 0.00939 e. The topological polar surface area (TPSA) is 15.3 Å². The SMILES string of the molecule is C[C@H](NC1CCN(C)CC1)C1CCCCC1. The lowest BCUT2D eigenvalue weighted by atomic mass is 9.84. The second kappa shape index (κ2) is 6.02. The zero-order chi connectivity index (χ0) is 11.4. The van der Waals surface area contributed by atoms with Gasteiger partial charge in [0.05, 0.1) is 0 Å². The van der Waals surface area contributed by atoms with Gasteiger partial charge in [0.1, 0.15) is 0 Å². The molecule has 0 aromatic carbocycles. The van der Waals surface area contributed by atoms with E-state index in [1.165, 1.54) is 58.0 Å². The van der Waals surface area contributed by atoms with Gasteiger partial charge in [0.2, 0.25) is 0 Å². The van der Waals surface area contributed by atoms with Crippen LogP contribution in [-0.4, -0.2) is 37.1 Å². The number of hydrogen-bond acceptors (Lipinski definition) is 2. The Morgan fingerprint density at radius 3 is 2.25 bits per heavy atom. The van der Waals surface area contributed by atoms with Crippen LogP contribution in [0.5, 0.6) is 0 Å². The van der Waals surface area contributed by atoms with Crippen molar-refractivity contribution in [2.24, 2.45) is 5.92 Å². The van der Waals surface area contributed by atoms with Crippen LogP contribution in [0.4, 0.5) is 0 Å². The highest BCUT2D eigenvalue weighted by Crippen LogP contribution is 2.27. The molecule has 0 aromatic heterocycles. The summed E-state index contributed by atoms with van der Waals surface area (Å²) in [5.74, 6) is 0.952. The van der Waals surface area contributed by atoms with Crippen molar-refractivity contribution in [2.45, 2.75) is 64.0 Å². The summed E-state index contributed by atoms with van der Waals surface area (Å²) >= 11 is 0. The summed E-state index contributed by atoms with van der Waals surface area (Å²) in [6, 6.07) is 1.53. The van der Waals surface area contributed by atoms with Crippen LogP contribution in [0.3, 0.4) is 0 Å². The lowest BCUT2D eigenvalue weighted by Crippen LogP contribution is -2.46. The molecule has 0 bridgehead atoms. The predicted octanol–water partition coefficient (Wildman–Crippen LogP) is 2.64. The Morgan fingerprint density at radius 2 is 1.62 bits per heavy atom. The molecule has 2 aliphatic rings. The molecule has 16 heavy (non-hydrogen) atoms. The van der Waals surface area contributed by atoms with E-state index in [9.17, 15) is 0 Å². The summed E-state index contributed by atoms with van der Waals surface area (Å²) < 4.78 is 0. The molecule has 1 saturated heterocycles. The lowest BCUT2D eigenvalue weighted by molar-refractivity contribution is 0.199. The molecule has 0 unspecified atom stereocenters. The van der Waals surface area contributed by atoms with Crippen molar-refractivity contribution in [3.63, 3.8) is 0 Å². The maximum atomic E-state index is 3.88. The van der Waals surface area contributed by atoms with Crippen LogP contribution in [0, 0.1) is 5.92 Å². The van der Waals surface area contributed by atoms with E-state index in [1.807, 2.05) is 0 Å². The Hall–Kier alpha value is -0.0800. The Morgan fingerprint density at radius 1 is 1.00 bits per heavy atom. The van der Waals surface area contributed by atoms with Crippen molar-refractivity contribution < 1.29 is 0 Å². The van der Waals surface area contributed by atoms with Gasteiger partial charge in [-0.1, -0.05) is 19.3 Å². The highest BCUT2D eigenvalue weighted by atomic mass is 15.1. The first-order valence-corrected chi connectivity index (χ1v) is 7.20. The fraction of sp³-hybridized carbons (Fsp3) is 1.00. The third-order valence-electron chi connectivity index (χ3n) is 4.57. The quantitative estimate of drug-likeness (QED) is 0.793. The standard InChI is InChI=1S/C14H28N2/c1-12(13-6-4-3-5-7-13)15-14-8-10-16(2)11-9-14/h12-15H,3-11H2,1-2H3/t12-/m0/s1. The monoisotopic (exact) mass is 224 g/mol. The van der Waals surface area contributed by atoms with E-state index in [-0.39, 0.29) is 0 Å². The predicted molar refractivity (Wildman–Crippen MR) is 69.7 cm³/mol. The van der Waals surface area contributed by atoms with Crippen LogP contribution in [0.25, 0.3) is 0 Å². The van der Waals surface area contributed by atoms with Crippen molar-refractivity contribution in [2.75, 3.05) is 20.1 Å². The molecular weight excluding hydrogens is 196 g/mol. The minimum Gasteiger partial charge on any atom is -0.311 e. The number of likely N-dealkylation sites (tertiary alicyclic amines) is 1. The largest absolute Gasteiger partial charge is 0.311 e. The fourth-order valence-corrected chi connectivity index (χ4v) is 3.32. The van der Waals surface area contributed by atoms with Crippen molar-refractivity contribution in [1.82, 2.24) is 10.2 Å². The summed E-state index contributed by atoms with van der Waals surface area (Å²) in [6.07, 6.45) is 9.99. The molecule has 1 aliphatic heterocycles. The molecule has 1 heterocycles. The number of rotatable bonds is 3. The van der Waals surface area contributed by atoms with Crippen molar-refractivity contribution in [3.05, 3.63) is 0 Å². The van der Waals surface area contributed by atoms with Gasteiger partial charge in [0.25, 0.3) is 0 Å². The van der Waals surface area contributed by atoms with Gasteiger partial charge < -0.3 is 10.2 Å². The first-order chi connectivity index (χ1) is 7.75. The van der Waals surface area contributed by atoms with Gasteiger partial charge in [-0.3, -0.25) is 0 Å². The first kappa shape index (κ1) is 12.4. The molecule has 1 saturated carbocycles. The first-order valence-electron chi connectivity index (χ1n) is 7.20. The number of hydrogen-bond donors (Lipinski definition) is 1. The summed E-state index contributed by atoms with van der Waals surface area (Å²) in [7, 11) is 2.24. The van der Waals surface area contributed by atoms with Gasteiger partial charge in [0.15, 0.2) is 0 Å². The van der Waals surface area contributed by atoms with Crippen LogP contribution in [0.1, 0.15) is 51.9 Å². The molecule has 0 amide bonds. The molecule has 1 N–H and O–H groups in total. The summed E-state index contributed by atoms with van der Waals surface area (Å²) in [6.45, 7) is 4.96. The minimum atomic E-state index is 0.744. The van der Waals surface area contributed by atoms with Crippen LogP contribution < -0.4 is 5.32 Å².